The number of nitrogens with zero attached hydrogens (tertiary/aromatic N) is 2. The lowest BCUT2D eigenvalue weighted by Crippen LogP contribution is -2.09. The molecule has 0 saturated carbocycles. The minimum atomic E-state index is -0.523. The summed E-state index contributed by atoms with van der Waals surface area (Å²) in [6, 6.07) is 80.9. The maximum Gasteiger partial charge on any atom is 0.343 e. The maximum atomic E-state index is 12.0. The summed E-state index contributed by atoms with van der Waals surface area (Å²) < 4.78 is 40.1. The Hall–Kier alpha value is -9.99. The van der Waals surface area contributed by atoms with Gasteiger partial charge in [-0.2, -0.15) is 0 Å². The number of halogens is 5. The first-order chi connectivity index (χ1) is 49.1. The third kappa shape index (κ3) is 21.5. The van der Waals surface area contributed by atoms with Crippen LogP contribution in [0, 0.1) is 48.5 Å². The van der Waals surface area contributed by atoms with Gasteiger partial charge in [0.2, 0.25) is 11.6 Å². The fourth-order valence-corrected chi connectivity index (χ4v) is 12.4. The molecule has 518 valence electrons. The molecule has 16 heteroatoms. The fraction of sp³-hybridized carbons (Fsp3) is 0.140. The van der Waals surface area contributed by atoms with Crippen molar-refractivity contribution in [2.75, 3.05) is 21.3 Å². The summed E-state index contributed by atoms with van der Waals surface area (Å²) in [6.45, 7) is 15.4. The molecule has 14 rings (SSSR count). The number of carbonyl (C=O) groups is 2. The number of benzene rings is 12. The number of fused-ring (bicyclic) bond motifs is 1. The molecule has 0 saturated heterocycles. The topological polar surface area (TPSA) is 125 Å². The number of hydrogen-bond donors (Lipinski definition) is 0. The van der Waals surface area contributed by atoms with Gasteiger partial charge in [0, 0.05) is 15.0 Å². The number of esters is 2. The van der Waals surface area contributed by atoms with Crippen LogP contribution in [0.5, 0.6) is 40.4 Å². The van der Waals surface area contributed by atoms with Gasteiger partial charge in [0.15, 0.2) is 11.5 Å². The molecule has 0 radical (unpaired) electrons. The van der Waals surface area contributed by atoms with Crippen molar-refractivity contribution in [3.8, 4) is 40.4 Å². The highest BCUT2D eigenvalue weighted by molar-refractivity contribution is 9.11. The largest absolute Gasteiger partial charge is 0.497 e. The lowest BCUT2D eigenvalue weighted by molar-refractivity contribution is 0.0725. The Kier molecular flexibility index (Phi) is 27.7. The third-order valence-corrected chi connectivity index (χ3v) is 18.3. The molecular weight excluding hydrogens is 1470 g/mol. The summed E-state index contributed by atoms with van der Waals surface area (Å²) in [5.41, 5.74) is 11.3. The van der Waals surface area contributed by atoms with E-state index in [1.807, 2.05) is 137 Å². The summed E-state index contributed by atoms with van der Waals surface area (Å²) in [7, 11) is 4.75. The van der Waals surface area contributed by atoms with Crippen LogP contribution in [-0.4, -0.2) is 43.2 Å². The van der Waals surface area contributed by atoms with Crippen molar-refractivity contribution in [1.82, 2.24) is 9.97 Å². The van der Waals surface area contributed by atoms with E-state index in [0.29, 0.717) is 42.0 Å². The van der Waals surface area contributed by atoms with Crippen molar-refractivity contribution < 1.29 is 42.7 Å². The molecule has 0 aliphatic rings. The van der Waals surface area contributed by atoms with Crippen LogP contribution in [0.25, 0.3) is 43.1 Å². The van der Waals surface area contributed by atoms with Crippen LogP contribution in [0.4, 0.5) is 0 Å². The quantitative estimate of drug-likeness (QED) is 0.0474. The summed E-state index contributed by atoms with van der Waals surface area (Å²) in [6.07, 6.45) is 0. The number of methoxy groups -OCH3 is 3. The number of carbonyl (C=O) groups excluding carboxylic acids is 2. The Labute approximate surface area is 627 Å². The van der Waals surface area contributed by atoms with Crippen molar-refractivity contribution in [2.24, 2.45) is 0 Å². The fourth-order valence-electron chi connectivity index (χ4n) is 10.6. The summed E-state index contributed by atoms with van der Waals surface area (Å²) in [5.74, 6) is 3.04. The zero-order chi connectivity index (χ0) is 72.8. The van der Waals surface area contributed by atoms with E-state index in [1.165, 1.54) is 96.7 Å². The van der Waals surface area contributed by atoms with Crippen molar-refractivity contribution in [1.29, 1.82) is 0 Å². The number of hydrogen-bond acceptors (Lipinski definition) is 11. The van der Waals surface area contributed by atoms with Gasteiger partial charge in [0.1, 0.15) is 45.9 Å². The molecular formula is C86H75Br2Cl3N2O9. The van der Waals surface area contributed by atoms with E-state index in [2.05, 4.69) is 154 Å². The number of pyridine rings is 2. The second-order valence-electron chi connectivity index (χ2n) is 23.7. The minimum absolute atomic E-state index is 0.151. The highest BCUT2D eigenvalue weighted by Crippen LogP contribution is 2.40. The van der Waals surface area contributed by atoms with Crippen molar-refractivity contribution in [2.45, 2.75) is 61.7 Å². The van der Waals surface area contributed by atoms with Crippen molar-refractivity contribution in [3.63, 3.8) is 0 Å². The molecule has 0 unspecified atom stereocenters. The normalized spacial score (nSPS) is 10.5. The predicted molar refractivity (Wildman–Crippen MR) is 423 cm³/mol. The van der Waals surface area contributed by atoms with E-state index in [-0.39, 0.29) is 32.5 Å². The molecule has 11 nitrogen and oxygen atoms in total. The lowest BCUT2D eigenvalue weighted by Gasteiger charge is -2.17. The monoisotopic (exact) mass is 1540 g/mol. The molecule has 0 N–H and O–H groups in total. The van der Waals surface area contributed by atoms with Crippen LogP contribution in [0.15, 0.2) is 258 Å². The first-order valence-electron chi connectivity index (χ1n) is 32.4. The van der Waals surface area contributed by atoms with Gasteiger partial charge < -0.3 is 33.2 Å². The van der Waals surface area contributed by atoms with Crippen LogP contribution in [-0.2, 0) is 13.2 Å². The smallest absolute Gasteiger partial charge is 0.343 e. The third-order valence-electron chi connectivity index (χ3n) is 16.1. The van der Waals surface area contributed by atoms with Crippen LogP contribution < -0.4 is 33.2 Å². The number of ether oxygens (including phenoxy) is 7. The van der Waals surface area contributed by atoms with E-state index in [9.17, 15) is 9.59 Å². The summed E-state index contributed by atoms with van der Waals surface area (Å²) >= 11 is 24.1. The number of aryl methyl sites for hydroxylation is 6. The Morgan fingerprint density at radius 1 is 0.373 bits per heavy atom. The van der Waals surface area contributed by atoms with Crippen LogP contribution in [0.2, 0.25) is 15.5 Å². The molecule has 0 aliphatic heterocycles. The van der Waals surface area contributed by atoms with Gasteiger partial charge in [-0.1, -0.05) is 254 Å². The van der Waals surface area contributed by atoms with E-state index < -0.39 is 11.9 Å². The molecule has 2 aromatic heterocycles. The zero-order valence-corrected chi connectivity index (χ0v) is 63.5. The molecule has 0 atom stereocenters. The van der Waals surface area contributed by atoms with Gasteiger partial charge in [-0.05, 0) is 197 Å². The molecule has 0 aliphatic carbocycles. The second kappa shape index (κ2) is 37.1. The summed E-state index contributed by atoms with van der Waals surface area (Å²) in [5, 5.41) is 11.4. The van der Waals surface area contributed by atoms with E-state index in [1.54, 1.807) is 38.5 Å². The van der Waals surface area contributed by atoms with Gasteiger partial charge >= 0.3 is 11.9 Å². The highest BCUT2D eigenvalue weighted by Gasteiger charge is 2.17. The van der Waals surface area contributed by atoms with Crippen LogP contribution in [0.3, 0.4) is 0 Å². The molecule has 0 bridgehead atoms. The zero-order valence-electron chi connectivity index (χ0n) is 58.0. The Balaban J connectivity index is 0.000000145. The highest BCUT2D eigenvalue weighted by atomic mass is 79.9. The van der Waals surface area contributed by atoms with Gasteiger partial charge in [-0.25, -0.2) is 19.6 Å². The second-order valence-corrected chi connectivity index (χ2v) is 26.6. The molecule has 0 amide bonds. The van der Waals surface area contributed by atoms with Gasteiger partial charge in [0.05, 0.1) is 32.5 Å². The van der Waals surface area contributed by atoms with Crippen molar-refractivity contribution >= 4 is 122 Å². The minimum Gasteiger partial charge on any atom is -0.497 e. The maximum absolute atomic E-state index is 12.0. The van der Waals surface area contributed by atoms with E-state index in [4.69, 9.17) is 68.0 Å². The Morgan fingerprint density at radius 3 is 1.33 bits per heavy atom. The first-order valence-corrected chi connectivity index (χ1v) is 35.1. The molecule has 12 aromatic carbocycles. The molecule has 2 heterocycles. The van der Waals surface area contributed by atoms with E-state index >= 15 is 0 Å². The van der Waals surface area contributed by atoms with Crippen LogP contribution in [0.1, 0.15) is 70.8 Å². The molecule has 14 aromatic rings. The number of aromatic nitrogens is 2. The standard InChI is InChI=1S/C22H22O3.C17H12.C14H12ClNO3.C13H9Cl2NO2.C12H12.C8H8Br2O/c1-17-13-20(23-2)22(25-16-19-11-7-4-8-12-19)21(14-17)24-15-18-9-5-3-6-10-18;1-11-9-14-7-5-12-3-2-4-13-6-8-15(10-11)17(14)16(12)13;1-9-3-5-11(6-4-9)19-14(17)10-7-12(15)16-13(8-10)18-2;1-8-2-4-10(5-3-8)18-13(17)9-6-11(14)16-12(15)7-9;1-9-7-8-11-5-3-4-6-12(11)10(9)2;1-5-7(9)3-6(11-2)4-8(5)10/h3-14H,15-16H2,1-2H3;2-10H,1H3;3-8H,1-2H3;2-7H,1H3;3-8H,1-2H3;3-4H,1-2H3. The Bertz CT molecular complexity index is 5040. The van der Waals surface area contributed by atoms with Gasteiger partial charge in [-0.3, -0.25) is 0 Å². The van der Waals surface area contributed by atoms with Crippen molar-refractivity contribution in [3.05, 3.63) is 334 Å². The Morgan fingerprint density at radius 2 is 0.814 bits per heavy atom. The predicted octanol–water partition coefficient (Wildman–Crippen LogP) is 24.2. The molecule has 102 heavy (non-hydrogen) atoms. The summed E-state index contributed by atoms with van der Waals surface area (Å²) in [4.78, 5) is 31.4. The molecule has 0 spiro atoms. The SMILES string of the molecule is COc1cc(Br)c(C)c(Br)c1.COc1cc(C(=O)Oc2ccc(C)cc2)cc(Cl)n1.COc1cc(C)cc(OCc2ccccc2)c1OCc1ccccc1.Cc1cc2ccc3cccc4ccc(c1)c2c34.Cc1ccc(OC(=O)c2cc(Cl)nc(Cl)c2)cc1.Cc1ccc2ccccc2c1C. The average Bonchev–Trinajstić information content (AvgIpc) is 0.746. The number of rotatable bonds is 13. The first kappa shape index (κ1) is 76.2. The van der Waals surface area contributed by atoms with Gasteiger partial charge in [0.25, 0.3) is 0 Å². The van der Waals surface area contributed by atoms with Crippen LogP contribution >= 0.6 is 66.7 Å². The molecule has 0 fully saturated rings. The lowest BCUT2D eigenvalue weighted by atomic mass is 9.93. The van der Waals surface area contributed by atoms with Gasteiger partial charge in [-0.15, -0.1) is 0 Å². The van der Waals surface area contributed by atoms with E-state index in [0.717, 1.165) is 42.5 Å². The average molecular weight is 1550 g/mol.